The minimum absolute atomic E-state index is 0.0276. The molecule has 0 spiro atoms. The Kier molecular flexibility index (Phi) is 7.94. The Morgan fingerprint density at radius 3 is 2.08 bits per heavy atom. The van der Waals surface area contributed by atoms with Crippen LogP contribution < -0.4 is 4.90 Å². The standard InChI is InChI=1S/C38H25Cl2F5N2O6/c39-37-15-22-20(10-11-21-24(22)34(51)46(33(21)50)14-13-16-5-8-18(48)9-6-16)26(25-19-4-2-1-3-17(19)7-12-23(25)49)38(37,40)36(53)47(35(37)52)32-30(44)28(42)27(41)29(43)31(32)45/h1-10,12,21-22,24,26,48-49H,11,13-15H2. The summed E-state index contributed by atoms with van der Waals surface area (Å²) in [5, 5.41) is 22.0. The lowest BCUT2D eigenvalue weighted by Gasteiger charge is -2.51. The average molecular weight is 772 g/mol. The van der Waals surface area contributed by atoms with Crippen LogP contribution in [0.3, 0.4) is 0 Å². The second-order valence-electron chi connectivity index (χ2n) is 13.7. The molecule has 4 aliphatic rings. The molecular formula is C38H25Cl2F5N2O6. The zero-order valence-electron chi connectivity index (χ0n) is 27.1. The van der Waals surface area contributed by atoms with E-state index in [0.29, 0.717) is 10.8 Å². The summed E-state index contributed by atoms with van der Waals surface area (Å²) < 4.78 is 73.9. The SMILES string of the molecule is O=C1C2CC=C3C(CC4(Cl)C(=O)N(c5c(F)c(F)c(F)c(F)c5F)C(=O)C4(Cl)C3c3c(O)ccc4ccccc34)C2C(=O)N1CCc1ccc(O)cc1. The molecule has 2 saturated heterocycles. The van der Waals surface area contributed by atoms with E-state index < -0.39 is 104 Å². The van der Waals surface area contributed by atoms with E-state index in [1.165, 1.54) is 18.2 Å². The number of allylic oxidation sites excluding steroid dienone is 2. The Morgan fingerprint density at radius 1 is 0.755 bits per heavy atom. The van der Waals surface area contributed by atoms with Crippen LogP contribution in [0.5, 0.6) is 11.5 Å². The van der Waals surface area contributed by atoms with Crippen LogP contribution in [0.4, 0.5) is 27.6 Å². The molecule has 0 aromatic heterocycles. The van der Waals surface area contributed by atoms with Crippen LogP contribution in [0.2, 0.25) is 0 Å². The van der Waals surface area contributed by atoms with Crippen LogP contribution in [0, 0.1) is 46.8 Å². The predicted octanol–water partition coefficient (Wildman–Crippen LogP) is 6.75. The number of likely N-dealkylation sites (tertiary alicyclic amines) is 1. The van der Waals surface area contributed by atoms with Crippen molar-refractivity contribution in [2.75, 3.05) is 11.4 Å². The van der Waals surface area contributed by atoms with Gasteiger partial charge in [0, 0.05) is 18.0 Å². The number of phenols is 2. The summed E-state index contributed by atoms with van der Waals surface area (Å²) in [6.45, 7) is -0.0397. The highest BCUT2D eigenvalue weighted by molar-refractivity contribution is 6.58. The predicted molar refractivity (Wildman–Crippen MR) is 181 cm³/mol. The number of hydrogen-bond acceptors (Lipinski definition) is 6. The van der Waals surface area contributed by atoms with Gasteiger partial charge in [-0.2, -0.15) is 0 Å². The number of imide groups is 2. The summed E-state index contributed by atoms with van der Waals surface area (Å²) >= 11 is 14.5. The largest absolute Gasteiger partial charge is 0.508 e. The summed E-state index contributed by atoms with van der Waals surface area (Å²) in [6, 6.07) is 15.6. The summed E-state index contributed by atoms with van der Waals surface area (Å²) in [6.07, 6.45) is 1.12. The highest BCUT2D eigenvalue weighted by atomic mass is 35.5. The first-order valence-corrected chi connectivity index (χ1v) is 17.2. The normalized spacial score (nSPS) is 28.0. The van der Waals surface area contributed by atoms with E-state index in [4.69, 9.17) is 23.2 Å². The van der Waals surface area contributed by atoms with Crippen LogP contribution in [-0.2, 0) is 25.6 Å². The van der Waals surface area contributed by atoms with E-state index in [9.17, 15) is 42.6 Å². The number of carbonyl (C=O) groups is 4. The molecule has 272 valence electrons. The van der Waals surface area contributed by atoms with Crippen LogP contribution >= 0.6 is 23.2 Å². The summed E-state index contributed by atoms with van der Waals surface area (Å²) in [5.41, 5.74) is -0.977. The van der Waals surface area contributed by atoms with Gasteiger partial charge in [0.05, 0.1) is 11.8 Å². The maximum Gasteiger partial charge on any atom is 0.258 e. The third-order valence-electron chi connectivity index (χ3n) is 11.1. The summed E-state index contributed by atoms with van der Waals surface area (Å²) in [7, 11) is 0. The van der Waals surface area contributed by atoms with E-state index in [1.54, 1.807) is 48.5 Å². The first-order valence-electron chi connectivity index (χ1n) is 16.4. The van der Waals surface area contributed by atoms with Gasteiger partial charge < -0.3 is 10.2 Å². The summed E-state index contributed by atoms with van der Waals surface area (Å²) in [4.78, 5) is 52.4. The minimum Gasteiger partial charge on any atom is -0.508 e. The fourth-order valence-corrected chi connectivity index (χ4v) is 9.58. The monoisotopic (exact) mass is 770 g/mol. The smallest absolute Gasteiger partial charge is 0.258 e. The van der Waals surface area contributed by atoms with Gasteiger partial charge in [0.15, 0.2) is 33.0 Å². The number of hydrogen-bond donors (Lipinski definition) is 2. The van der Waals surface area contributed by atoms with Gasteiger partial charge in [-0.05, 0) is 59.7 Å². The Hall–Kier alpha value is -5.01. The third-order valence-corrected chi connectivity index (χ3v) is 12.5. The van der Waals surface area contributed by atoms with E-state index in [-0.39, 0.29) is 41.2 Å². The second-order valence-corrected chi connectivity index (χ2v) is 14.9. The number of benzene rings is 4. The zero-order chi connectivity index (χ0) is 37.9. The lowest BCUT2D eigenvalue weighted by Crippen LogP contribution is -2.60. The van der Waals surface area contributed by atoms with Crippen molar-refractivity contribution in [1.29, 1.82) is 0 Å². The quantitative estimate of drug-likeness (QED) is 0.0580. The molecule has 0 bridgehead atoms. The highest BCUT2D eigenvalue weighted by Gasteiger charge is 2.77. The summed E-state index contributed by atoms with van der Waals surface area (Å²) in [5.74, 6) is -22.0. The van der Waals surface area contributed by atoms with Crippen LogP contribution in [0.1, 0.15) is 29.9 Å². The number of phenolic OH excluding ortho intramolecular Hbond substituents is 2. The number of fused-ring (bicyclic) bond motifs is 5. The second kappa shape index (κ2) is 12.0. The number of aromatic hydroxyl groups is 2. The van der Waals surface area contributed by atoms with Crippen LogP contribution in [-0.4, -0.2) is 55.0 Å². The van der Waals surface area contributed by atoms with Crippen molar-refractivity contribution in [3.8, 4) is 11.5 Å². The van der Waals surface area contributed by atoms with E-state index in [2.05, 4.69) is 0 Å². The molecule has 2 aliphatic heterocycles. The van der Waals surface area contributed by atoms with Crippen molar-refractivity contribution in [1.82, 2.24) is 4.90 Å². The van der Waals surface area contributed by atoms with E-state index in [0.717, 1.165) is 10.5 Å². The lowest BCUT2D eigenvalue weighted by atomic mass is 9.56. The molecule has 6 atom stereocenters. The van der Waals surface area contributed by atoms with Crippen molar-refractivity contribution in [2.24, 2.45) is 17.8 Å². The lowest BCUT2D eigenvalue weighted by molar-refractivity contribution is -0.140. The van der Waals surface area contributed by atoms with Gasteiger partial charge in [-0.25, -0.2) is 26.9 Å². The molecule has 0 radical (unpaired) electrons. The van der Waals surface area contributed by atoms with Gasteiger partial charge in [0.2, 0.25) is 17.6 Å². The van der Waals surface area contributed by atoms with Gasteiger partial charge in [0.25, 0.3) is 11.8 Å². The zero-order valence-corrected chi connectivity index (χ0v) is 28.6. The number of carbonyl (C=O) groups excluding carboxylic acids is 4. The van der Waals surface area contributed by atoms with Crippen molar-refractivity contribution in [2.45, 2.75) is 34.9 Å². The average Bonchev–Trinajstić information content (AvgIpc) is 3.47. The molecular weight excluding hydrogens is 746 g/mol. The van der Waals surface area contributed by atoms with Crippen molar-refractivity contribution in [3.05, 3.63) is 113 Å². The number of anilines is 1. The molecule has 2 aliphatic carbocycles. The Morgan fingerprint density at radius 2 is 1.40 bits per heavy atom. The maximum absolute atomic E-state index is 15.3. The van der Waals surface area contributed by atoms with E-state index >= 15 is 8.78 Å². The van der Waals surface area contributed by atoms with Crippen molar-refractivity contribution >= 4 is 63.3 Å². The molecule has 15 heteroatoms. The van der Waals surface area contributed by atoms with Gasteiger partial charge in [0.1, 0.15) is 17.2 Å². The van der Waals surface area contributed by atoms with Gasteiger partial charge >= 0.3 is 0 Å². The first-order chi connectivity index (χ1) is 25.1. The third kappa shape index (κ3) is 4.65. The molecule has 4 aromatic carbocycles. The molecule has 1 saturated carbocycles. The minimum atomic E-state index is -2.77. The van der Waals surface area contributed by atoms with E-state index in [1.807, 2.05) is 0 Å². The maximum atomic E-state index is 15.3. The molecule has 53 heavy (non-hydrogen) atoms. The molecule has 6 unspecified atom stereocenters. The number of alkyl halides is 2. The molecule has 4 aromatic rings. The molecule has 8 rings (SSSR count). The van der Waals surface area contributed by atoms with Crippen molar-refractivity contribution in [3.63, 3.8) is 0 Å². The molecule has 4 amide bonds. The number of nitrogens with zero attached hydrogens (tertiary/aromatic N) is 2. The number of amides is 4. The Bertz CT molecular complexity index is 2330. The van der Waals surface area contributed by atoms with Crippen molar-refractivity contribution < 1.29 is 51.3 Å². The van der Waals surface area contributed by atoms with Gasteiger partial charge in [-0.15, -0.1) is 23.2 Å². The highest BCUT2D eigenvalue weighted by Crippen LogP contribution is 2.67. The molecule has 2 heterocycles. The fourth-order valence-electron chi connectivity index (χ4n) is 8.66. The Labute approximate surface area is 307 Å². The Balaban J connectivity index is 1.30. The molecule has 8 nitrogen and oxygen atoms in total. The van der Waals surface area contributed by atoms with Crippen LogP contribution in [0.25, 0.3) is 10.8 Å². The number of rotatable bonds is 5. The van der Waals surface area contributed by atoms with Gasteiger partial charge in [-0.3, -0.25) is 24.1 Å². The molecule has 2 N–H and O–H groups in total. The first kappa shape index (κ1) is 35.0. The van der Waals surface area contributed by atoms with Crippen LogP contribution in [0.15, 0.2) is 72.3 Å². The van der Waals surface area contributed by atoms with Gasteiger partial charge in [-0.1, -0.05) is 54.1 Å². The number of halogens is 7. The fraction of sp³-hybridized carbons (Fsp3) is 0.263. The topological polar surface area (TPSA) is 115 Å². The molecule has 3 fully saturated rings.